The van der Waals surface area contributed by atoms with Crippen LogP contribution in [-0.2, 0) is 11.3 Å². The highest BCUT2D eigenvalue weighted by Crippen LogP contribution is 2.34. The molecule has 1 aromatic rings. The third kappa shape index (κ3) is 6.12. The van der Waals surface area contributed by atoms with Gasteiger partial charge in [-0.2, -0.15) is 0 Å². The van der Waals surface area contributed by atoms with Gasteiger partial charge in [-0.3, -0.25) is 0 Å². The molecule has 0 fully saturated rings. The van der Waals surface area contributed by atoms with Crippen LogP contribution in [0, 0.1) is 0 Å². The van der Waals surface area contributed by atoms with E-state index in [1.165, 1.54) is 6.42 Å². The maximum atomic E-state index is 5.54. The minimum atomic E-state index is 0.674. The number of rotatable bonds is 12. The van der Waals surface area contributed by atoms with E-state index in [-0.39, 0.29) is 0 Å². The standard InChI is InChI=1S/C17H29NO4/c1-5-6-9-22-10-7-8-18-13-14-11-16(20-3)17(21-4)12-15(14)19-2/h11-12,18H,5-10,13H2,1-4H3. The summed E-state index contributed by atoms with van der Waals surface area (Å²) in [7, 11) is 4.91. The quantitative estimate of drug-likeness (QED) is 0.601. The van der Waals surface area contributed by atoms with E-state index in [1.807, 2.05) is 12.1 Å². The Kier molecular flexibility index (Phi) is 9.42. The molecule has 5 nitrogen and oxygen atoms in total. The Morgan fingerprint density at radius 3 is 2.14 bits per heavy atom. The van der Waals surface area contributed by atoms with E-state index in [0.29, 0.717) is 11.5 Å². The van der Waals surface area contributed by atoms with E-state index in [2.05, 4.69) is 12.2 Å². The number of benzene rings is 1. The van der Waals surface area contributed by atoms with E-state index in [4.69, 9.17) is 18.9 Å². The fraction of sp³-hybridized carbons (Fsp3) is 0.647. The molecule has 0 radical (unpaired) electrons. The molecule has 0 aliphatic heterocycles. The van der Waals surface area contributed by atoms with Crippen molar-refractivity contribution in [2.75, 3.05) is 41.1 Å². The molecular weight excluding hydrogens is 282 g/mol. The molecule has 0 amide bonds. The van der Waals surface area contributed by atoms with Crippen LogP contribution in [0.2, 0.25) is 0 Å². The van der Waals surface area contributed by atoms with E-state index < -0.39 is 0 Å². The molecule has 0 atom stereocenters. The molecule has 0 saturated carbocycles. The number of hydrogen-bond acceptors (Lipinski definition) is 5. The predicted molar refractivity (Wildman–Crippen MR) is 88.1 cm³/mol. The minimum absolute atomic E-state index is 0.674. The van der Waals surface area contributed by atoms with Gasteiger partial charge in [0, 0.05) is 31.4 Å². The summed E-state index contributed by atoms with van der Waals surface area (Å²) in [6, 6.07) is 3.80. The van der Waals surface area contributed by atoms with Crippen molar-refractivity contribution in [3.05, 3.63) is 17.7 Å². The molecule has 0 aliphatic rings. The van der Waals surface area contributed by atoms with Crippen LogP contribution in [0.25, 0.3) is 0 Å². The normalized spacial score (nSPS) is 10.5. The third-order valence-corrected chi connectivity index (χ3v) is 3.39. The third-order valence-electron chi connectivity index (χ3n) is 3.39. The van der Waals surface area contributed by atoms with Crippen LogP contribution in [0.4, 0.5) is 0 Å². The largest absolute Gasteiger partial charge is 0.496 e. The van der Waals surface area contributed by atoms with E-state index in [9.17, 15) is 0 Å². The number of unbranched alkanes of at least 4 members (excludes halogenated alkanes) is 1. The van der Waals surface area contributed by atoms with Gasteiger partial charge in [-0.05, 0) is 25.5 Å². The van der Waals surface area contributed by atoms with Crippen LogP contribution in [0.15, 0.2) is 12.1 Å². The molecule has 1 rings (SSSR count). The first-order valence-corrected chi connectivity index (χ1v) is 7.84. The van der Waals surface area contributed by atoms with Gasteiger partial charge in [-0.1, -0.05) is 13.3 Å². The Morgan fingerprint density at radius 1 is 0.864 bits per heavy atom. The molecule has 0 saturated heterocycles. The monoisotopic (exact) mass is 311 g/mol. The Bertz CT molecular complexity index is 423. The van der Waals surface area contributed by atoms with Gasteiger partial charge in [0.15, 0.2) is 11.5 Å². The number of methoxy groups -OCH3 is 3. The summed E-state index contributed by atoms with van der Waals surface area (Å²) in [6.07, 6.45) is 3.31. The fourth-order valence-electron chi connectivity index (χ4n) is 2.10. The van der Waals surface area contributed by atoms with Crippen molar-refractivity contribution >= 4 is 0 Å². The van der Waals surface area contributed by atoms with Crippen molar-refractivity contribution in [2.24, 2.45) is 0 Å². The zero-order valence-corrected chi connectivity index (χ0v) is 14.2. The summed E-state index contributed by atoms with van der Waals surface area (Å²) in [6.45, 7) is 5.46. The zero-order valence-electron chi connectivity index (χ0n) is 14.2. The lowest BCUT2D eigenvalue weighted by atomic mass is 10.1. The van der Waals surface area contributed by atoms with Crippen LogP contribution in [0.3, 0.4) is 0 Å². The zero-order chi connectivity index (χ0) is 16.2. The molecule has 0 bridgehead atoms. The first-order chi connectivity index (χ1) is 10.8. The number of hydrogen-bond donors (Lipinski definition) is 1. The lowest BCUT2D eigenvalue weighted by molar-refractivity contribution is 0.128. The molecular formula is C17H29NO4. The van der Waals surface area contributed by atoms with E-state index in [0.717, 1.165) is 50.5 Å². The van der Waals surface area contributed by atoms with Crippen LogP contribution in [0.5, 0.6) is 17.2 Å². The average Bonchev–Trinajstić information content (AvgIpc) is 2.56. The molecule has 22 heavy (non-hydrogen) atoms. The average molecular weight is 311 g/mol. The molecule has 0 aliphatic carbocycles. The van der Waals surface area contributed by atoms with Gasteiger partial charge in [0.1, 0.15) is 5.75 Å². The van der Waals surface area contributed by atoms with E-state index in [1.54, 1.807) is 21.3 Å². The van der Waals surface area contributed by atoms with Gasteiger partial charge in [-0.15, -0.1) is 0 Å². The molecule has 126 valence electrons. The molecule has 1 aromatic carbocycles. The molecule has 0 spiro atoms. The number of ether oxygens (including phenoxy) is 4. The van der Waals surface area contributed by atoms with Gasteiger partial charge in [-0.25, -0.2) is 0 Å². The Labute approximate surface area is 133 Å². The highest BCUT2D eigenvalue weighted by molar-refractivity contribution is 5.50. The Hall–Kier alpha value is -1.46. The summed E-state index contributed by atoms with van der Waals surface area (Å²) >= 11 is 0. The van der Waals surface area contributed by atoms with Gasteiger partial charge >= 0.3 is 0 Å². The predicted octanol–water partition coefficient (Wildman–Crippen LogP) is 3.01. The Morgan fingerprint density at radius 2 is 1.50 bits per heavy atom. The lowest BCUT2D eigenvalue weighted by Gasteiger charge is -2.14. The second-order valence-electron chi connectivity index (χ2n) is 5.02. The second kappa shape index (κ2) is 11.2. The van der Waals surface area contributed by atoms with Gasteiger partial charge in [0.25, 0.3) is 0 Å². The minimum Gasteiger partial charge on any atom is -0.496 e. The lowest BCUT2D eigenvalue weighted by Crippen LogP contribution is -2.17. The molecule has 5 heteroatoms. The van der Waals surface area contributed by atoms with Crippen LogP contribution >= 0.6 is 0 Å². The van der Waals surface area contributed by atoms with Crippen LogP contribution < -0.4 is 19.5 Å². The molecule has 1 N–H and O–H groups in total. The summed E-state index contributed by atoms with van der Waals surface area (Å²) in [5.74, 6) is 2.18. The van der Waals surface area contributed by atoms with Crippen LogP contribution in [-0.4, -0.2) is 41.1 Å². The van der Waals surface area contributed by atoms with Crippen molar-refractivity contribution < 1.29 is 18.9 Å². The molecule has 0 heterocycles. The SMILES string of the molecule is CCCCOCCCNCc1cc(OC)c(OC)cc1OC. The van der Waals surface area contributed by atoms with Crippen molar-refractivity contribution in [3.63, 3.8) is 0 Å². The maximum Gasteiger partial charge on any atom is 0.164 e. The second-order valence-corrected chi connectivity index (χ2v) is 5.02. The fourth-order valence-corrected chi connectivity index (χ4v) is 2.10. The molecule has 0 aromatic heterocycles. The summed E-state index contributed by atoms with van der Waals surface area (Å²) in [4.78, 5) is 0. The van der Waals surface area contributed by atoms with Crippen molar-refractivity contribution in [1.82, 2.24) is 5.32 Å². The highest BCUT2D eigenvalue weighted by Gasteiger charge is 2.11. The first kappa shape index (κ1) is 18.6. The summed E-state index contributed by atoms with van der Waals surface area (Å²) in [5, 5.41) is 3.40. The van der Waals surface area contributed by atoms with Gasteiger partial charge in [0.05, 0.1) is 21.3 Å². The summed E-state index contributed by atoms with van der Waals surface area (Å²) in [5.41, 5.74) is 1.05. The van der Waals surface area contributed by atoms with Crippen LogP contribution in [0.1, 0.15) is 31.7 Å². The van der Waals surface area contributed by atoms with Gasteiger partial charge in [0.2, 0.25) is 0 Å². The highest BCUT2D eigenvalue weighted by atomic mass is 16.5. The van der Waals surface area contributed by atoms with E-state index >= 15 is 0 Å². The first-order valence-electron chi connectivity index (χ1n) is 7.84. The molecule has 0 unspecified atom stereocenters. The number of nitrogens with one attached hydrogen (secondary N) is 1. The summed E-state index contributed by atoms with van der Waals surface area (Å²) < 4.78 is 21.6. The topological polar surface area (TPSA) is 49.0 Å². The van der Waals surface area contributed by atoms with Crippen molar-refractivity contribution in [2.45, 2.75) is 32.7 Å². The van der Waals surface area contributed by atoms with Crippen molar-refractivity contribution in [1.29, 1.82) is 0 Å². The maximum absolute atomic E-state index is 5.54. The Balaban J connectivity index is 2.41. The van der Waals surface area contributed by atoms with Gasteiger partial charge < -0.3 is 24.3 Å². The van der Waals surface area contributed by atoms with Crippen molar-refractivity contribution in [3.8, 4) is 17.2 Å². The smallest absolute Gasteiger partial charge is 0.164 e.